The predicted molar refractivity (Wildman–Crippen MR) is 72.3 cm³/mol. The Morgan fingerprint density at radius 3 is 2.94 bits per heavy atom. The Kier molecular flexibility index (Phi) is 4.34. The fourth-order valence-corrected chi connectivity index (χ4v) is 2.95. The molecule has 5 heteroatoms. The molecule has 0 spiro atoms. The summed E-state index contributed by atoms with van der Waals surface area (Å²) in [6, 6.07) is 0. The second-order valence-electron chi connectivity index (χ2n) is 5.06. The molecule has 0 saturated carbocycles. The lowest BCUT2D eigenvalue weighted by Gasteiger charge is -2.34. The summed E-state index contributed by atoms with van der Waals surface area (Å²) in [4.78, 5) is 2.50. The van der Waals surface area contributed by atoms with Crippen molar-refractivity contribution in [2.24, 2.45) is 11.8 Å². The van der Waals surface area contributed by atoms with Crippen molar-refractivity contribution in [3.05, 3.63) is 5.69 Å². The van der Waals surface area contributed by atoms with Crippen LogP contribution < -0.4 is 5.32 Å². The van der Waals surface area contributed by atoms with Gasteiger partial charge in [0.15, 0.2) is 0 Å². The smallest absolute Gasteiger partial charge is 0.134 e. The standard InChI is InChI=1S/C12H22N4S/c1-4-13-12-11(14-15-17-12)8-16-6-5-9(2)10(3)7-16/h9-10,13H,4-8H2,1-3H3. The highest BCUT2D eigenvalue weighted by atomic mass is 32.1. The Balaban J connectivity index is 1.94. The Hall–Kier alpha value is -0.680. The van der Waals surface area contributed by atoms with Crippen LogP contribution in [0.1, 0.15) is 32.9 Å². The third kappa shape index (κ3) is 3.16. The van der Waals surface area contributed by atoms with E-state index in [1.54, 1.807) is 0 Å². The van der Waals surface area contributed by atoms with Gasteiger partial charge in [0.1, 0.15) is 10.7 Å². The lowest BCUT2D eigenvalue weighted by molar-refractivity contribution is 0.131. The zero-order valence-corrected chi connectivity index (χ0v) is 11.8. The van der Waals surface area contributed by atoms with E-state index in [4.69, 9.17) is 0 Å². The molecule has 1 aliphatic rings. The number of rotatable bonds is 4. The third-order valence-corrected chi connectivity index (χ3v) is 4.41. The number of aromatic nitrogens is 2. The predicted octanol–water partition coefficient (Wildman–Crippen LogP) is 2.45. The second kappa shape index (κ2) is 5.78. The molecule has 2 heterocycles. The van der Waals surface area contributed by atoms with Gasteiger partial charge < -0.3 is 5.32 Å². The molecule has 0 bridgehead atoms. The van der Waals surface area contributed by atoms with Crippen molar-refractivity contribution in [3.8, 4) is 0 Å². The summed E-state index contributed by atoms with van der Waals surface area (Å²) in [6.45, 7) is 11.1. The van der Waals surface area contributed by atoms with Crippen molar-refractivity contribution >= 4 is 16.5 Å². The molecule has 1 aliphatic heterocycles. The summed E-state index contributed by atoms with van der Waals surface area (Å²) in [6.07, 6.45) is 1.30. The average molecular weight is 254 g/mol. The van der Waals surface area contributed by atoms with E-state index in [-0.39, 0.29) is 0 Å². The number of nitrogens with zero attached hydrogens (tertiary/aromatic N) is 3. The van der Waals surface area contributed by atoms with Gasteiger partial charge >= 0.3 is 0 Å². The Morgan fingerprint density at radius 1 is 1.41 bits per heavy atom. The second-order valence-corrected chi connectivity index (χ2v) is 5.81. The average Bonchev–Trinajstić information content (AvgIpc) is 2.72. The monoisotopic (exact) mass is 254 g/mol. The van der Waals surface area contributed by atoms with Crippen LogP contribution in [0.15, 0.2) is 0 Å². The maximum absolute atomic E-state index is 4.24. The molecular weight excluding hydrogens is 232 g/mol. The lowest BCUT2D eigenvalue weighted by Crippen LogP contribution is -2.38. The van der Waals surface area contributed by atoms with Crippen LogP contribution in [-0.2, 0) is 6.54 Å². The number of piperidine rings is 1. The van der Waals surface area contributed by atoms with Gasteiger partial charge in [0.2, 0.25) is 0 Å². The van der Waals surface area contributed by atoms with Crippen molar-refractivity contribution in [3.63, 3.8) is 0 Å². The van der Waals surface area contributed by atoms with Crippen LogP contribution in [0.2, 0.25) is 0 Å². The highest BCUT2D eigenvalue weighted by molar-refractivity contribution is 7.10. The van der Waals surface area contributed by atoms with Crippen LogP contribution in [0.3, 0.4) is 0 Å². The maximum Gasteiger partial charge on any atom is 0.134 e. The molecule has 0 aliphatic carbocycles. The van der Waals surface area contributed by atoms with Gasteiger partial charge in [-0.05, 0) is 31.7 Å². The molecule has 1 fully saturated rings. The van der Waals surface area contributed by atoms with Crippen LogP contribution in [0.25, 0.3) is 0 Å². The van der Waals surface area contributed by atoms with Gasteiger partial charge in [0.05, 0.1) is 0 Å². The van der Waals surface area contributed by atoms with Gasteiger partial charge in [0.25, 0.3) is 0 Å². The number of hydrogen-bond acceptors (Lipinski definition) is 5. The van der Waals surface area contributed by atoms with Crippen LogP contribution in [0.4, 0.5) is 5.00 Å². The zero-order valence-electron chi connectivity index (χ0n) is 10.9. The first-order chi connectivity index (χ1) is 8.20. The molecule has 2 unspecified atom stereocenters. The highest BCUT2D eigenvalue weighted by Crippen LogP contribution is 2.25. The topological polar surface area (TPSA) is 41.1 Å². The minimum Gasteiger partial charge on any atom is -0.374 e. The van der Waals surface area contributed by atoms with Crippen molar-refractivity contribution in [1.29, 1.82) is 0 Å². The summed E-state index contributed by atoms with van der Waals surface area (Å²) in [5, 5.41) is 8.71. The quantitative estimate of drug-likeness (QED) is 0.896. The SMILES string of the molecule is CCNc1snnc1CN1CCC(C)C(C)C1. The molecule has 2 atom stereocenters. The number of anilines is 1. The van der Waals surface area contributed by atoms with E-state index in [1.165, 1.54) is 31.0 Å². The van der Waals surface area contributed by atoms with Gasteiger partial charge in [0, 0.05) is 31.2 Å². The van der Waals surface area contributed by atoms with Crippen molar-refractivity contribution in [2.45, 2.75) is 33.7 Å². The van der Waals surface area contributed by atoms with E-state index in [0.717, 1.165) is 35.6 Å². The molecule has 1 aromatic rings. The molecule has 0 radical (unpaired) electrons. The molecule has 2 rings (SSSR count). The van der Waals surface area contributed by atoms with Gasteiger partial charge in [-0.2, -0.15) is 0 Å². The fourth-order valence-electron chi connectivity index (χ4n) is 2.31. The lowest BCUT2D eigenvalue weighted by atomic mass is 9.89. The minimum absolute atomic E-state index is 0.790. The number of hydrogen-bond donors (Lipinski definition) is 1. The first-order valence-electron chi connectivity index (χ1n) is 6.48. The summed E-state index contributed by atoms with van der Waals surface area (Å²) in [7, 11) is 0. The summed E-state index contributed by atoms with van der Waals surface area (Å²) < 4.78 is 4.04. The Morgan fingerprint density at radius 2 is 2.24 bits per heavy atom. The largest absolute Gasteiger partial charge is 0.374 e. The highest BCUT2D eigenvalue weighted by Gasteiger charge is 2.23. The maximum atomic E-state index is 4.24. The van der Waals surface area contributed by atoms with Crippen molar-refractivity contribution in [1.82, 2.24) is 14.5 Å². The van der Waals surface area contributed by atoms with E-state index in [0.29, 0.717) is 0 Å². The first kappa shape index (κ1) is 12.8. The molecule has 1 N–H and O–H groups in total. The minimum atomic E-state index is 0.790. The number of nitrogens with one attached hydrogen (secondary N) is 1. The van der Waals surface area contributed by atoms with Gasteiger partial charge in [-0.1, -0.05) is 18.3 Å². The van der Waals surface area contributed by atoms with E-state index in [1.807, 2.05) is 0 Å². The molecule has 1 saturated heterocycles. The van der Waals surface area contributed by atoms with Gasteiger partial charge in [-0.3, -0.25) is 4.90 Å². The van der Waals surface area contributed by atoms with E-state index >= 15 is 0 Å². The van der Waals surface area contributed by atoms with Crippen LogP contribution in [0, 0.1) is 11.8 Å². The Bertz CT molecular complexity index is 352. The third-order valence-electron chi connectivity index (χ3n) is 3.68. The van der Waals surface area contributed by atoms with E-state index < -0.39 is 0 Å². The first-order valence-corrected chi connectivity index (χ1v) is 7.25. The van der Waals surface area contributed by atoms with Gasteiger partial charge in [-0.15, -0.1) is 5.10 Å². The Labute approximate surface area is 108 Å². The zero-order chi connectivity index (χ0) is 12.3. The normalized spacial score (nSPS) is 26.1. The molecular formula is C12H22N4S. The van der Waals surface area contributed by atoms with E-state index in [9.17, 15) is 0 Å². The molecule has 96 valence electrons. The molecule has 4 nitrogen and oxygen atoms in total. The van der Waals surface area contributed by atoms with Crippen molar-refractivity contribution in [2.75, 3.05) is 25.0 Å². The molecule has 0 aromatic carbocycles. The number of likely N-dealkylation sites (tertiary alicyclic amines) is 1. The fraction of sp³-hybridized carbons (Fsp3) is 0.833. The summed E-state index contributed by atoms with van der Waals surface area (Å²) in [5.41, 5.74) is 1.11. The summed E-state index contributed by atoms with van der Waals surface area (Å²) >= 11 is 1.47. The molecule has 1 aromatic heterocycles. The van der Waals surface area contributed by atoms with E-state index in [2.05, 4.69) is 40.6 Å². The summed E-state index contributed by atoms with van der Waals surface area (Å²) in [5.74, 6) is 1.64. The molecule has 17 heavy (non-hydrogen) atoms. The van der Waals surface area contributed by atoms with Crippen molar-refractivity contribution < 1.29 is 0 Å². The van der Waals surface area contributed by atoms with Crippen LogP contribution in [0.5, 0.6) is 0 Å². The van der Waals surface area contributed by atoms with Gasteiger partial charge in [-0.25, -0.2) is 0 Å². The molecule has 0 amide bonds. The van der Waals surface area contributed by atoms with Crippen LogP contribution >= 0.6 is 11.5 Å². The van der Waals surface area contributed by atoms with Crippen LogP contribution in [-0.4, -0.2) is 34.1 Å².